The summed E-state index contributed by atoms with van der Waals surface area (Å²) in [5, 5.41) is 2.95. The maximum atomic E-state index is 12.7. The molecule has 1 N–H and O–H groups in total. The number of anilines is 1. The lowest BCUT2D eigenvalue weighted by atomic mass is 10.1. The number of rotatable bonds is 9. The van der Waals surface area contributed by atoms with Gasteiger partial charge in [0.2, 0.25) is 10.0 Å². The number of sulfonamides is 1. The van der Waals surface area contributed by atoms with E-state index in [0.717, 1.165) is 23.2 Å². The van der Waals surface area contributed by atoms with Crippen molar-refractivity contribution >= 4 is 21.6 Å². The van der Waals surface area contributed by atoms with Crippen molar-refractivity contribution in [2.75, 3.05) is 23.7 Å². The van der Waals surface area contributed by atoms with Crippen molar-refractivity contribution in [1.82, 2.24) is 10.2 Å². The SMILES string of the molecule is Cc1ccccc1CN(c1ccc(C(=O)NCc2ccc(CN3CCCC3)cc2)cc1)S(C)(=O)=O. The van der Waals surface area contributed by atoms with Gasteiger partial charge < -0.3 is 5.32 Å². The lowest BCUT2D eigenvalue weighted by molar-refractivity contribution is 0.0951. The van der Waals surface area contributed by atoms with E-state index in [-0.39, 0.29) is 12.5 Å². The summed E-state index contributed by atoms with van der Waals surface area (Å²) in [5.41, 5.74) is 5.32. The second-order valence-electron chi connectivity index (χ2n) is 9.23. The highest BCUT2D eigenvalue weighted by Gasteiger charge is 2.19. The molecule has 3 aromatic rings. The molecule has 0 aromatic heterocycles. The number of carbonyl (C=O) groups is 1. The molecule has 1 heterocycles. The summed E-state index contributed by atoms with van der Waals surface area (Å²) < 4.78 is 26.3. The van der Waals surface area contributed by atoms with Crippen LogP contribution >= 0.6 is 0 Å². The number of likely N-dealkylation sites (tertiary alicyclic amines) is 1. The Hall–Kier alpha value is -3.16. The van der Waals surface area contributed by atoms with Crippen molar-refractivity contribution in [1.29, 1.82) is 0 Å². The molecule has 0 spiro atoms. The quantitative estimate of drug-likeness (QED) is 0.479. The predicted octanol–water partition coefficient (Wildman–Crippen LogP) is 4.49. The van der Waals surface area contributed by atoms with Crippen LogP contribution in [-0.4, -0.2) is 38.6 Å². The van der Waals surface area contributed by atoms with Crippen LogP contribution in [0.4, 0.5) is 5.69 Å². The van der Waals surface area contributed by atoms with Gasteiger partial charge >= 0.3 is 0 Å². The number of nitrogens with one attached hydrogen (secondary N) is 1. The molecule has 0 atom stereocenters. The summed E-state index contributed by atoms with van der Waals surface area (Å²) in [6.07, 6.45) is 3.76. The Balaban J connectivity index is 1.37. The van der Waals surface area contributed by atoms with Crippen LogP contribution in [0.5, 0.6) is 0 Å². The second kappa shape index (κ2) is 11.1. The van der Waals surface area contributed by atoms with Gasteiger partial charge in [0.1, 0.15) is 0 Å². The predicted molar refractivity (Wildman–Crippen MR) is 141 cm³/mol. The lowest BCUT2D eigenvalue weighted by Gasteiger charge is -2.23. The van der Waals surface area contributed by atoms with Crippen LogP contribution in [0, 0.1) is 6.92 Å². The van der Waals surface area contributed by atoms with E-state index in [1.807, 2.05) is 31.2 Å². The van der Waals surface area contributed by atoms with Gasteiger partial charge in [0.25, 0.3) is 5.91 Å². The number of hydrogen-bond donors (Lipinski definition) is 1. The minimum atomic E-state index is -3.49. The Bertz CT molecular complexity index is 1250. The summed E-state index contributed by atoms with van der Waals surface area (Å²) >= 11 is 0. The third kappa shape index (κ3) is 6.71. The van der Waals surface area contributed by atoms with Gasteiger partial charge in [0.15, 0.2) is 0 Å². The van der Waals surface area contributed by atoms with Crippen molar-refractivity contribution in [3.63, 3.8) is 0 Å². The topological polar surface area (TPSA) is 69.7 Å². The van der Waals surface area contributed by atoms with Crippen LogP contribution in [-0.2, 0) is 29.7 Å². The van der Waals surface area contributed by atoms with Crippen LogP contribution in [0.2, 0.25) is 0 Å². The van der Waals surface area contributed by atoms with E-state index >= 15 is 0 Å². The van der Waals surface area contributed by atoms with Crippen LogP contribution < -0.4 is 9.62 Å². The Morgan fingerprint density at radius 2 is 1.54 bits per heavy atom. The second-order valence-corrected chi connectivity index (χ2v) is 11.1. The molecule has 3 aromatic carbocycles. The van der Waals surface area contributed by atoms with E-state index in [2.05, 4.69) is 34.5 Å². The number of hydrogen-bond acceptors (Lipinski definition) is 4. The molecular formula is C28H33N3O3S. The van der Waals surface area contributed by atoms with Crippen molar-refractivity contribution < 1.29 is 13.2 Å². The normalized spacial score (nSPS) is 14.1. The molecule has 0 saturated carbocycles. The minimum Gasteiger partial charge on any atom is -0.348 e. The first kappa shape index (κ1) is 24.9. The number of benzene rings is 3. The monoisotopic (exact) mass is 491 g/mol. The highest BCUT2D eigenvalue weighted by Crippen LogP contribution is 2.22. The average Bonchev–Trinajstić information content (AvgIpc) is 3.35. The van der Waals surface area contributed by atoms with E-state index in [9.17, 15) is 13.2 Å². The maximum absolute atomic E-state index is 12.7. The Labute approximate surface area is 208 Å². The Morgan fingerprint density at radius 3 is 2.17 bits per heavy atom. The molecule has 7 heteroatoms. The highest BCUT2D eigenvalue weighted by molar-refractivity contribution is 7.92. The summed E-state index contributed by atoms with van der Waals surface area (Å²) in [5.74, 6) is -0.192. The molecule has 1 fully saturated rings. The largest absolute Gasteiger partial charge is 0.348 e. The summed E-state index contributed by atoms with van der Waals surface area (Å²) in [7, 11) is -3.49. The fraction of sp³-hybridized carbons (Fsp3) is 0.321. The van der Waals surface area contributed by atoms with Gasteiger partial charge in [0.05, 0.1) is 18.5 Å². The van der Waals surface area contributed by atoms with Gasteiger partial charge in [-0.1, -0.05) is 48.5 Å². The zero-order valence-electron chi connectivity index (χ0n) is 20.4. The number of aryl methyl sites for hydroxylation is 1. The summed E-state index contributed by atoms with van der Waals surface area (Å²) in [6.45, 7) is 5.96. The fourth-order valence-corrected chi connectivity index (χ4v) is 5.25. The first-order valence-electron chi connectivity index (χ1n) is 12.0. The number of nitrogens with zero attached hydrogens (tertiary/aromatic N) is 2. The van der Waals surface area contributed by atoms with Crippen LogP contribution in [0.1, 0.15) is 45.5 Å². The molecule has 35 heavy (non-hydrogen) atoms. The van der Waals surface area contributed by atoms with Gasteiger partial charge in [-0.15, -0.1) is 0 Å². The molecule has 1 saturated heterocycles. The van der Waals surface area contributed by atoms with Crippen molar-refractivity contribution in [3.8, 4) is 0 Å². The minimum absolute atomic E-state index is 0.192. The maximum Gasteiger partial charge on any atom is 0.251 e. The first-order valence-corrected chi connectivity index (χ1v) is 13.8. The molecule has 1 aliphatic heterocycles. The van der Waals surface area contributed by atoms with E-state index in [0.29, 0.717) is 17.8 Å². The van der Waals surface area contributed by atoms with Crippen LogP contribution in [0.15, 0.2) is 72.8 Å². The van der Waals surface area contributed by atoms with Crippen LogP contribution in [0.3, 0.4) is 0 Å². The molecule has 6 nitrogen and oxygen atoms in total. The molecule has 1 aliphatic rings. The van der Waals surface area contributed by atoms with E-state index < -0.39 is 10.0 Å². The Morgan fingerprint density at radius 1 is 0.914 bits per heavy atom. The molecule has 0 unspecified atom stereocenters. The average molecular weight is 492 g/mol. The smallest absolute Gasteiger partial charge is 0.251 e. The standard InChI is InChI=1S/C28H33N3O3S/c1-22-7-3-4-8-26(22)21-31(35(2,33)34)27-15-13-25(14-16-27)28(32)29-19-23-9-11-24(12-10-23)20-30-17-5-6-18-30/h3-4,7-16H,5-6,17-21H2,1-2H3,(H,29,32). The molecule has 0 bridgehead atoms. The zero-order valence-corrected chi connectivity index (χ0v) is 21.2. The van der Waals surface area contributed by atoms with Gasteiger partial charge in [-0.2, -0.15) is 0 Å². The van der Waals surface area contributed by atoms with E-state index in [4.69, 9.17) is 0 Å². The fourth-order valence-electron chi connectivity index (χ4n) is 4.37. The third-order valence-electron chi connectivity index (χ3n) is 6.47. The lowest BCUT2D eigenvalue weighted by Crippen LogP contribution is -2.29. The van der Waals surface area contributed by atoms with Crippen molar-refractivity contribution in [3.05, 3.63) is 101 Å². The third-order valence-corrected chi connectivity index (χ3v) is 7.61. The van der Waals surface area contributed by atoms with Gasteiger partial charge in [-0.25, -0.2) is 8.42 Å². The molecule has 184 valence electrons. The Kier molecular flexibility index (Phi) is 7.88. The van der Waals surface area contributed by atoms with E-state index in [1.165, 1.54) is 42.1 Å². The van der Waals surface area contributed by atoms with Crippen molar-refractivity contribution in [2.45, 2.75) is 39.4 Å². The van der Waals surface area contributed by atoms with Gasteiger partial charge in [0, 0.05) is 18.7 Å². The molecule has 0 radical (unpaired) electrons. The van der Waals surface area contributed by atoms with Gasteiger partial charge in [-0.05, 0) is 79.4 Å². The molecule has 4 rings (SSSR count). The van der Waals surface area contributed by atoms with Gasteiger partial charge in [-0.3, -0.25) is 14.0 Å². The van der Waals surface area contributed by atoms with Crippen molar-refractivity contribution in [2.24, 2.45) is 0 Å². The first-order chi connectivity index (χ1) is 16.8. The number of carbonyl (C=O) groups excluding carboxylic acids is 1. The summed E-state index contributed by atoms with van der Waals surface area (Å²) in [4.78, 5) is 15.1. The molecular weight excluding hydrogens is 458 g/mol. The zero-order chi connectivity index (χ0) is 24.8. The summed E-state index contributed by atoms with van der Waals surface area (Å²) in [6, 6.07) is 22.8. The van der Waals surface area contributed by atoms with E-state index in [1.54, 1.807) is 24.3 Å². The molecule has 0 aliphatic carbocycles. The molecule has 1 amide bonds. The number of amides is 1. The van der Waals surface area contributed by atoms with Crippen LogP contribution in [0.25, 0.3) is 0 Å². The highest BCUT2D eigenvalue weighted by atomic mass is 32.2.